The average Bonchev–Trinajstić information content (AvgIpc) is 2.20. The number of methoxy groups -OCH3 is 1. The topological polar surface area (TPSA) is 22.1 Å². The molecule has 1 aromatic rings. The molecule has 0 spiro atoms. The van der Waals surface area contributed by atoms with Crippen molar-refractivity contribution in [2.24, 2.45) is 0 Å². The number of pyridine rings is 1. The lowest BCUT2D eigenvalue weighted by molar-refractivity contribution is 0.407. The first-order valence-corrected chi connectivity index (χ1v) is 5.61. The van der Waals surface area contributed by atoms with Crippen LogP contribution in [0, 0.1) is 13.8 Å². The van der Waals surface area contributed by atoms with Crippen molar-refractivity contribution in [1.82, 2.24) is 4.98 Å². The summed E-state index contributed by atoms with van der Waals surface area (Å²) in [5, 5.41) is 0. The van der Waals surface area contributed by atoms with Crippen LogP contribution in [-0.2, 0) is 6.42 Å². The molecule has 0 aliphatic carbocycles. The number of aromatic nitrogens is 1. The monoisotopic (exact) mass is 209 g/mol. The van der Waals surface area contributed by atoms with Gasteiger partial charge in [0.05, 0.1) is 7.11 Å². The molecule has 2 nitrogen and oxygen atoms in total. The molecule has 0 atom stereocenters. The van der Waals surface area contributed by atoms with Crippen LogP contribution in [0.1, 0.15) is 44.0 Å². The first-order chi connectivity index (χ1) is 7.12. The molecule has 0 unspecified atom stereocenters. The third-order valence-corrected chi connectivity index (χ3v) is 2.08. The van der Waals surface area contributed by atoms with E-state index in [1.165, 1.54) is 12.0 Å². The second-order valence-electron chi connectivity index (χ2n) is 3.61. The van der Waals surface area contributed by atoms with Gasteiger partial charge in [-0.1, -0.05) is 27.2 Å². The van der Waals surface area contributed by atoms with Gasteiger partial charge in [0.25, 0.3) is 0 Å². The van der Waals surface area contributed by atoms with Crippen molar-refractivity contribution >= 4 is 0 Å². The molecule has 0 aliphatic heterocycles. The highest BCUT2D eigenvalue weighted by Crippen LogP contribution is 2.23. The number of hydrogen-bond donors (Lipinski definition) is 0. The summed E-state index contributed by atoms with van der Waals surface area (Å²) in [5.74, 6) is 0.974. The van der Waals surface area contributed by atoms with E-state index in [4.69, 9.17) is 4.74 Å². The van der Waals surface area contributed by atoms with E-state index in [9.17, 15) is 0 Å². The molecule has 0 aromatic carbocycles. The summed E-state index contributed by atoms with van der Waals surface area (Å²) in [6.45, 7) is 10.4. The van der Waals surface area contributed by atoms with Gasteiger partial charge < -0.3 is 4.74 Å². The molecule has 0 amide bonds. The standard InChI is InChI=1S/C10H15NO.C3H8/c1-5-9-8(3)10(12-4)7(2)6-11-9;1-3-2/h6H,5H2,1-4H3;3H2,1-2H3. The maximum absolute atomic E-state index is 5.28. The molecule has 2 heteroatoms. The Bertz CT molecular complexity index is 295. The predicted molar refractivity (Wildman–Crippen MR) is 65.6 cm³/mol. The Balaban J connectivity index is 0.000000583. The molecule has 86 valence electrons. The van der Waals surface area contributed by atoms with Gasteiger partial charge in [0.2, 0.25) is 0 Å². The summed E-state index contributed by atoms with van der Waals surface area (Å²) in [5.41, 5.74) is 3.39. The lowest BCUT2D eigenvalue weighted by atomic mass is 10.1. The molecule has 0 N–H and O–H groups in total. The van der Waals surface area contributed by atoms with Gasteiger partial charge in [-0.3, -0.25) is 4.98 Å². The number of hydrogen-bond acceptors (Lipinski definition) is 2. The van der Waals surface area contributed by atoms with E-state index in [-0.39, 0.29) is 0 Å². The zero-order valence-electron chi connectivity index (χ0n) is 10.8. The lowest BCUT2D eigenvalue weighted by Crippen LogP contribution is -1.98. The van der Waals surface area contributed by atoms with Gasteiger partial charge in [0.15, 0.2) is 0 Å². The van der Waals surface area contributed by atoms with E-state index < -0.39 is 0 Å². The summed E-state index contributed by atoms with van der Waals surface area (Å²) >= 11 is 0. The van der Waals surface area contributed by atoms with Crippen molar-refractivity contribution in [3.8, 4) is 5.75 Å². The summed E-state index contributed by atoms with van der Waals surface area (Å²) in [7, 11) is 1.70. The summed E-state index contributed by atoms with van der Waals surface area (Å²) in [6, 6.07) is 0. The van der Waals surface area contributed by atoms with Gasteiger partial charge in [0.1, 0.15) is 5.75 Å². The highest BCUT2D eigenvalue weighted by Gasteiger charge is 2.06. The Labute approximate surface area is 93.7 Å². The van der Waals surface area contributed by atoms with Crippen LogP contribution >= 0.6 is 0 Å². The van der Waals surface area contributed by atoms with Crippen molar-refractivity contribution in [1.29, 1.82) is 0 Å². The lowest BCUT2D eigenvalue weighted by Gasteiger charge is -2.10. The number of aryl methyl sites for hydroxylation is 2. The normalized spacial score (nSPS) is 9.20. The quantitative estimate of drug-likeness (QED) is 0.741. The fourth-order valence-electron chi connectivity index (χ4n) is 1.43. The molecule has 0 aliphatic rings. The number of ether oxygens (including phenoxy) is 1. The van der Waals surface area contributed by atoms with Crippen LogP contribution in [0.5, 0.6) is 5.75 Å². The van der Waals surface area contributed by atoms with Crippen LogP contribution in [0.2, 0.25) is 0 Å². The third kappa shape index (κ3) is 3.90. The van der Waals surface area contributed by atoms with Crippen molar-refractivity contribution in [3.63, 3.8) is 0 Å². The van der Waals surface area contributed by atoms with E-state index >= 15 is 0 Å². The van der Waals surface area contributed by atoms with Crippen LogP contribution < -0.4 is 4.74 Å². The molecule has 15 heavy (non-hydrogen) atoms. The van der Waals surface area contributed by atoms with E-state index in [0.29, 0.717) is 0 Å². The molecule has 0 radical (unpaired) electrons. The fourth-order valence-corrected chi connectivity index (χ4v) is 1.43. The molecule has 0 bridgehead atoms. The first kappa shape index (κ1) is 13.9. The minimum absolute atomic E-state index is 0.961. The Morgan fingerprint density at radius 2 is 1.73 bits per heavy atom. The Morgan fingerprint density at radius 3 is 2.13 bits per heavy atom. The van der Waals surface area contributed by atoms with Crippen LogP contribution in [0.25, 0.3) is 0 Å². The number of rotatable bonds is 2. The third-order valence-electron chi connectivity index (χ3n) is 2.08. The van der Waals surface area contributed by atoms with Gasteiger partial charge in [0, 0.05) is 23.0 Å². The predicted octanol–water partition coefficient (Wildman–Crippen LogP) is 3.69. The van der Waals surface area contributed by atoms with E-state index in [1.54, 1.807) is 7.11 Å². The second-order valence-corrected chi connectivity index (χ2v) is 3.61. The largest absolute Gasteiger partial charge is 0.496 e. The molecule has 0 saturated carbocycles. The fraction of sp³-hybridized carbons (Fsp3) is 0.615. The van der Waals surface area contributed by atoms with E-state index in [0.717, 1.165) is 23.4 Å². The van der Waals surface area contributed by atoms with Gasteiger partial charge in [-0.2, -0.15) is 0 Å². The first-order valence-electron chi connectivity index (χ1n) is 5.61. The maximum Gasteiger partial charge on any atom is 0.128 e. The van der Waals surface area contributed by atoms with E-state index in [1.807, 2.05) is 13.1 Å². The minimum Gasteiger partial charge on any atom is -0.496 e. The summed E-state index contributed by atoms with van der Waals surface area (Å²) in [4.78, 5) is 4.32. The van der Waals surface area contributed by atoms with Crippen LogP contribution in [0.15, 0.2) is 6.20 Å². The molecular weight excluding hydrogens is 186 g/mol. The highest BCUT2D eigenvalue weighted by molar-refractivity contribution is 5.40. The Hall–Kier alpha value is -1.05. The minimum atomic E-state index is 0.961. The maximum atomic E-state index is 5.28. The Morgan fingerprint density at radius 1 is 1.20 bits per heavy atom. The van der Waals surface area contributed by atoms with Gasteiger partial charge >= 0.3 is 0 Å². The molecule has 0 fully saturated rings. The molecular formula is C13H23NO. The van der Waals surface area contributed by atoms with Crippen molar-refractivity contribution in [2.45, 2.75) is 47.5 Å². The zero-order chi connectivity index (χ0) is 11.8. The van der Waals surface area contributed by atoms with Crippen molar-refractivity contribution < 1.29 is 4.74 Å². The zero-order valence-corrected chi connectivity index (χ0v) is 10.8. The van der Waals surface area contributed by atoms with Crippen LogP contribution in [0.3, 0.4) is 0 Å². The molecule has 1 heterocycles. The van der Waals surface area contributed by atoms with Crippen LogP contribution in [-0.4, -0.2) is 12.1 Å². The highest BCUT2D eigenvalue weighted by atomic mass is 16.5. The summed E-state index contributed by atoms with van der Waals surface area (Å²) < 4.78 is 5.28. The average molecular weight is 209 g/mol. The van der Waals surface area contributed by atoms with Crippen molar-refractivity contribution in [3.05, 3.63) is 23.0 Å². The smallest absolute Gasteiger partial charge is 0.128 e. The van der Waals surface area contributed by atoms with Crippen LogP contribution in [0.4, 0.5) is 0 Å². The molecule has 0 saturated heterocycles. The molecule has 1 aromatic heterocycles. The molecule has 1 rings (SSSR count). The summed E-state index contributed by atoms with van der Waals surface area (Å²) in [6.07, 6.45) is 4.08. The van der Waals surface area contributed by atoms with Crippen molar-refractivity contribution in [2.75, 3.05) is 7.11 Å². The van der Waals surface area contributed by atoms with Gasteiger partial charge in [-0.25, -0.2) is 0 Å². The SMILES string of the molecule is CCC.CCc1ncc(C)c(OC)c1C. The van der Waals surface area contributed by atoms with Gasteiger partial charge in [-0.15, -0.1) is 0 Å². The second kappa shape index (κ2) is 7.27. The Kier molecular flexibility index (Phi) is 6.76. The number of nitrogens with zero attached hydrogens (tertiary/aromatic N) is 1. The van der Waals surface area contributed by atoms with E-state index in [2.05, 4.69) is 32.7 Å². The van der Waals surface area contributed by atoms with Gasteiger partial charge in [-0.05, 0) is 20.3 Å².